The third-order valence-corrected chi connectivity index (χ3v) is 7.02. The molecule has 0 aliphatic rings. The molecule has 0 radical (unpaired) electrons. The molecule has 0 saturated heterocycles. The maximum Gasteiger partial charge on any atom is 0.272 e. The van der Waals surface area contributed by atoms with Crippen molar-refractivity contribution in [2.75, 3.05) is 26.0 Å². The van der Waals surface area contributed by atoms with Crippen LogP contribution < -0.4 is 10.1 Å². The molecule has 1 aromatic carbocycles. The predicted molar refractivity (Wildman–Crippen MR) is 118 cm³/mol. The maximum atomic E-state index is 12.8. The van der Waals surface area contributed by atoms with Crippen molar-refractivity contribution in [3.05, 3.63) is 46.5 Å². The molecule has 0 spiro atoms. The Hall–Kier alpha value is -2.69. The minimum absolute atomic E-state index is 0.00216. The van der Waals surface area contributed by atoms with Gasteiger partial charge < -0.3 is 14.6 Å². The van der Waals surface area contributed by atoms with Gasteiger partial charge in [-0.1, -0.05) is 0 Å². The van der Waals surface area contributed by atoms with Crippen LogP contribution in [-0.4, -0.2) is 48.9 Å². The van der Waals surface area contributed by atoms with Crippen molar-refractivity contribution in [3.63, 3.8) is 0 Å². The molecule has 2 aromatic heterocycles. The van der Waals surface area contributed by atoms with E-state index in [1.165, 1.54) is 20.2 Å². The Kier molecular flexibility index (Phi) is 6.30. The Labute approximate surface area is 180 Å². The molecular weight excluding hydrogens is 424 g/mol. The van der Waals surface area contributed by atoms with E-state index in [2.05, 4.69) is 10.3 Å². The van der Waals surface area contributed by atoms with E-state index < -0.39 is 10.0 Å². The monoisotopic (exact) mass is 448 g/mol. The number of sulfonamides is 1. The van der Waals surface area contributed by atoms with Crippen LogP contribution in [0.4, 0.5) is 5.69 Å². The summed E-state index contributed by atoms with van der Waals surface area (Å²) in [4.78, 5) is 17.3. The molecule has 3 rings (SSSR count). The number of carbonyl (C=O) groups excluding carboxylic acids is 1. The van der Waals surface area contributed by atoms with Crippen LogP contribution in [0.3, 0.4) is 0 Å². The smallest absolute Gasteiger partial charge is 0.272 e. The van der Waals surface area contributed by atoms with Gasteiger partial charge in [-0.15, -0.1) is 11.3 Å². The zero-order chi connectivity index (χ0) is 22.1. The van der Waals surface area contributed by atoms with E-state index in [1.807, 2.05) is 18.5 Å². The lowest BCUT2D eigenvalue weighted by Crippen LogP contribution is -2.23. The summed E-state index contributed by atoms with van der Waals surface area (Å²) in [7, 11) is 0.923. The molecule has 1 amide bonds. The normalized spacial score (nSPS) is 11.7. The number of aryl methyl sites for hydroxylation is 2. The van der Waals surface area contributed by atoms with Gasteiger partial charge in [-0.2, -0.15) is 0 Å². The molecule has 30 heavy (non-hydrogen) atoms. The number of benzene rings is 1. The molecule has 0 atom stereocenters. The third kappa shape index (κ3) is 4.40. The highest BCUT2D eigenvalue weighted by molar-refractivity contribution is 7.89. The summed E-state index contributed by atoms with van der Waals surface area (Å²) in [5, 5.41) is 5.66. The van der Waals surface area contributed by atoms with Gasteiger partial charge in [0.05, 0.1) is 17.3 Å². The second kappa shape index (κ2) is 8.58. The summed E-state index contributed by atoms with van der Waals surface area (Å²) in [6.07, 6.45) is 1.84. The average Bonchev–Trinajstić information content (AvgIpc) is 3.28. The van der Waals surface area contributed by atoms with E-state index in [0.29, 0.717) is 18.0 Å². The number of carbonyl (C=O) groups is 1. The molecule has 160 valence electrons. The first-order valence-electron chi connectivity index (χ1n) is 9.23. The van der Waals surface area contributed by atoms with Crippen LogP contribution in [0.5, 0.6) is 5.75 Å². The number of hydrogen-bond donors (Lipinski definition) is 1. The quantitative estimate of drug-likeness (QED) is 0.598. The molecule has 8 nitrogen and oxygen atoms in total. The number of amides is 1. The highest BCUT2D eigenvalue weighted by atomic mass is 32.2. The van der Waals surface area contributed by atoms with Crippen molar-refractivity contribution in [3.8, 4) is 17.0 Å². The summed E-state index contributed by atoms with van der Waals surface area (Å²) in [6.45, 7) is 4.03. The summed E-state index contributed by atoms with van der Waals surface area (Å²) in [5.41, 5.74) is 2.44. The molecule has 10 heteroatoms. The maximum absolute atomic E-state index is 12.8. The van der Waals surface area contributed by atoms with E-state index in [1.54, 1.807) is 48.1 Å². The summed E-state index contributed by atoms with van der Waals surface area (Å²) in [5.74, 6) is -0.114. The predicted octanol–water partition coefficient (Wildman–Crippen LogP) is 3.36. The van der Waals surface area contributed by atoms with Crippen LogP contribution in [0.25, 0.3) is 11.3 Å². The summed E-state index contributed by atoms with van der Waals surface area (Å²) >= 11 is 1.54. The zero-order valence-electron chi connectivity index (χ0n) is 17.5. The minimum Gasteiger partial charge on any atom is -0.492 e. The number of rotatable bonds is 7. The molecule has 0 aliphatic carbocycles. The van der Waals surface area contributed by atoms with E-state index >= 15 is 0 Å². The van der Waals surface area contributed by atoms with Gasteiger partial charge in [0.2, 0.25) is 10.0 Å². The number of aromatic nitrogens is 2. The number of thiazole rings is 1. The van der Waals surface area contributed by atoms with Gasteiger partial charge in [-0.3, -0.25) is 4.79 Å². The van der Waals surface area contributed by atoms with E-state index in [4.69, 9.17) is 4.74 Å². The Morgan fingerprint density at radius 3 is 2.63 bits per heavy atom. The van der Waals surface area contributed by atoms with Crippen molar-refractivity contribution >= 4 is 33.0 Å². The third-order valence-electron chi connectivity index (χ3n) is 4.41. The molecule has 3 aromatic rings. The van der Waals surface area contributed by atoms with Crippen molar-refractivity contribution in [2.24, 2.45) is 7.05 Å². The SMILES string of the molecule is CCOc1ccc(NC(=O)c2cc(-c3csc(C)n3)cn2C)cc1S(=O)(=O)N(C)C. The van der Waals surface area contributed by atoms with Gasteiger partial charge >= 0.3 is 0 Å². The van der Waals surface area contributed by atoms with Crippen LogP contribution >= 0.6 is 11.3 Å². The highest BCUT2D eigenvalue weighted by Gasteiger charge is 2.24. The standard InChI is InChI=1S/C20H24N4O4S2/c1-6-28-18-8-7-15(10-19(18)30(26,27)23(3)4)22-20(25)17-9-14(11-24(17)5)16-12-29-13(2)21-16/h7-12H,6H2,1-5H3,(H,22,25). The summed E-state index contributed by atoms with van der Waals surface area (Å²) in [6, 6.07) is 6.33. The Morgan fingerprint density at radius 1 is 1.30 bits per heavy atom. The van der Waals surface area contributed by atoms with Gasteiger partial charge in [0.15, 0.2) is 0 Å². The Bertz CT molecular complexity index is 1180. The van der Waals surface area contributed by atoms with Gasteiger partial charge in [0.25, 0.3) is 5.91 Å². The fraction of sp³-hybridized carbons (Fsp3) is 0.300. The van der Waals surface area contributed by atoms with Crippen molar-refractivity contribution in [1.29, 1.82) is 0 Å². The first kappa shape index (κ1) is 22.0. The first-order chi connectivity index (χ1) is 14.1. The number of ether oxygens (including phenoxy) is 1. The molecule has 0 fully saturated rings. The Balaban J connectivity index is 1.91. The Morgan fingerprint density at radius 2 is 2.03 bits per heavy atom. The van der Waals surface area contributed by atoms with E-state index in [0.717, 1.165) is 20.6 Å². The fourth-order valence-corrected chi connectivity index (χ4v) is 4.55. The van der Waals surface area contributed by atoms with Gasteiger partial charge in [0, 0.05) is 44.0 Å². The molecular formula is C20H24N4O4S2. The van der Waals surface area contributed by atoms with Crippen molar-refractivity contribution < 1.29 is 17.9 Å². The van der Waals surface area contributed by atoms with Crippen molar-refractivity contribution in [2.45, 2.75) is 18.7 Å². The summed E-state index contributed by atoms with van der Waals surface area (Å²) < 4.78 is 33.6. The number of nitrogens with zero attached hydrogens (tertiary/aromatic N) is 3. The molecule has 2 heterocycles. The van der Waals surface area contributed by atoms with Crippen LogP contribution in [-0.2, 0) is 17.1 Å². The lowest BCUT2D eigenvalue weighted by Gasteiger charge is -2.16. The second-order valence-corrected chi connectivity index (χ2v) is 10.00. The fourth-order valence-electron chi connectivity index (χ4n) is 2.88. The van der Waals surface area contributed by atoms with Gasteiger partial charge in [-0.05, 0) is 38.1 Å². The highest BCUT2D eigenvalue weighted by Crippen LogP contribution is 2.30. The molecule has 1 N–H and O–H groups in total. The average molecular weight is 449 g/mol. The number of nitrogens with one attached hydrogen (secondary N) is 1. The van der Waals surface area contributed by atoms with Crippen LogP contribution in [0, 0.1) is 6.92 Å². The van der Waals surface area contributed by atoms with Crippen LogP contribution in [0.2, 0.25) is 0 Å². The lowest BCUT2D eigenvalue weighted by atomic mass is 10.2. The molecule has 0 bridgehead atoms. The van der Waals surface area contributed by atoms with E-state index in [9.17, 15) is 13.2 Å². The molecule has 0 unspecified atom stereocenters. The minimum atomic E-state index is -3.75. The van der Waals surface area contributed by atoms with Crippen LogP contribution in [0.15, 0.2) is 40.7 Å². The van der Waals surface area contributed by atoms with E-state index in [-0.39, 0.29) is 16.6 Å². The van der Waals surface area contributed by atoms with Gasteiger partial charge in [0.1, 0.15) is 16.3 Å². The first-order valence-corrected chi connectivity index (χ1v) is 11.5. The lowest BCUT2D eigenvalue weighted by molar-refractivity contribution is 0.101. The zero-order valence-corrected chi connectivity index (χ0v) is 19.1. The topological polar surface area (TPSA) is 93.5 Å². The van der Waals surface area contributed by atoms with Crippen molar-refractivity contribution in [1.82, 2.24) is 13.9 Å². The molecule has 0 saturated carbocycles. The number of anilines is 1. The number of hydrogen-bond acceptors (Lipinski definition) is 6. The van der Waals surface area contributed by atoms with Gasteiger partial charge in [-0.25, -0.2) is 17.7 Å². The molecule has 0 aliphatic heterocycles. The largest absolute Gasteiger partial charge is 0.492 e. The second-order valence-electron chi connectivity index (χ2n) is 6.81. The van der Waals surface area contributed by atoms with Crippen LogP contribution in [0.1, 0.15) is 22.4 Å².